The number of hydrogen-bond donors (Lipinski definition) is 2. The summed E-state index contributed by atoms with van der Waals surface area (Å²) < 4.78 is 3.50. The molecule has 0 saturated heterocycles. The van der Waals surface area contributed by atoms with Crippen LogP contribution < -0.4 is 10.9 Å². The number of amides is 2. The van der Waals surface area contributed by atoms with Gasteiger partial charge in [0.05, 0.1) is 12.0 Å². The first-order valence-corrected chi connectivity index (χ1v) is 5.20. The molecular formula is C8H12Cl2N2O3. The number of alkyl halides is 2. The first-order chi connectivity index (χ1) is 6.83. The van der Waals surface area contributed by atoms with E-state index in [2.05, 4.69) is 15.6 Å². The molecule has 0 radical (unpaired) electrons. The first-order valence-electron chi connectivity index (χ1n) is 4.44. The topological polar surface area (TPSA) is 67.4 Å². The molecule has 2 N–H and O–H groups in total. The highest BCUT2D eigenvalue weighted by molar-refractivity contribution is 6.53. The van der Waals surface area contributed by atoms with Gasteiger partial charge in [0, 0.05) is 0 Å². The summed E-state index contributed by atoms with van der Waals surface area (Å²) in [5, 5.41) is 0. The van der Waals surface area contributed by atoms with Gasteiger partial charge in [-0.15, -0.1) is 23.2 Å². The van der Waals surface area contributed by atoms with Gasteiger partial charge in [-0.05, 0) is 20.3 Å². The molecule has 0 aromatic rings. The lowest BCUT2D eigenvalue weighted by atomic mass is 10.1. The predicted molar refractivity (Wildman–Crippen MR) is 55.5 cm³/mol. The van der Waals surface area contributed by atoms with Gasteiger partial charge in [0.1, 0.15) is 4.33 Å². The molecular weight excluding hydrogens is 243 g/mol. The summed E-state index contributed by atoms with van der Waals surface area (Å²) in [4.78, 5) is 22.3. The van der Waals surface area contributed by atoms with Crippen molar-refractivity contribution in [2.75, 3.05) is 6.61 Å². The number of carbonyl (C=O) groups excluding carboxylic acids is 2. The molecule has 1 fully saturated rings. The molecule has 1 saturated carbocycles. The molecule has 1 rings (SSSR count). The van der Waals surface area contributed by atoms with Crippen molar-refractivity contribution in [3.8, 4) is 0 Å². The van der Waals surface area contributed by atoms with Crippen molar-refractivity contribution in [3.05, 3.63) is 0 Å². The molecule has 0 aliphatic heterocycles. The van der Waals surface area contributed by atoms with E-state index < -0.39 is 21.7 Å². The molecule has 5 nitrogen and oxygen atoms in total. The van der Waals surface area contributed by atoms with Crippen LogP contribution >= 0.6 is 23.2 Å². The Morgan fingerprint density at radius 2 is 1.93 bits per heavy atom. The van der Waals surface area contributed by atoms with Crippen molar-refractivity contribution in [3.63, 3.8) is 0 Å². The molecule has 0 unspecified atom stereocenters. The van der Waals surface area contributed by atoms with E-state index in [0.29, 0.717) is 6.42 Å². The van der Waals surface area contributed by atoms with E-state index in [1.54, 1.807) is 13.8 Å². The molecule has 15 heavy (non-hydrogen) atoms. The fourth-order valence-corrected chi connectivity index (χ4v) is 1.77. The second-order valence-corrected chi connectivity index (χ2v) is 5.00. The van der Waals surface area contributed by atoms with Gasteiger partial charge in [0.25, 0.3) is 0 Å². The van der Waals surface area contributed by atoms with Crippen LogP contribution in [0.1, 0.15) is 20.3 Å². The minimum Gasteiger partial charge on any atom is -0.449 e. The number of ether oxygens (including phenoxy) is 1. The van der Waals surface area contributed by atoms with Gasteiger partial charge in [-0.25, -0.2) is 10.2 Å². The summed E-state index contributed by atoms with van der Waals surface area (Å²) in [5.74, 6) is -0.430. The smallest absolute Gasteiger partial charge is 0.426 e. The quantitative estimate of drug-likeness (QED) is 0.578. The number of halogens is 2. The zero-order valence-corrected chi connectivity index (χ0v) is 9.91. The minimum absolute atomic E-state index is 0.230. The van der Waals surface area contributed by atoms with Crippen LogP contribution in [-0.4, -0.2) is 22.9 Å². The van der Waals surface area contributed by atoms with Crippen LogP contribution in [-0.2, 0) is 9.53 Å². The summed E-state index contributed by atoms with van der Waals surface area (Å²) in [6.45, 7) is 3.51. The van der Waals surface area contributed by atoms with Crippen molar-refractivity contribution < 1.29 is 14.3 Å². The number of nitrogens with one attached hydrogen (secondary N) is 2. The van der Waals surface area contributed by atoms with E-state index in [1.807, 2.05) is 0 Å². The van der Waals surface area contributed by atoms with E-state index in [1.165, 1.54) is 0 Å². The Balaban J connectivity index is 2.35. The van der Waals surface area contributed by atoms with Crippen molar-refractivity contribution >= 4 is 35.2 Å². The lowest BCUT2D eigenvalue weighted by Crippen LogP contribution is -2.46. The maximum absolute atomic E-state index is 11.5. The maximum atomic E-state index is 11.5. The van der Waals surface area contributed by atoms with Crippen LogP contribution in [0.2, 0.25) is 0 Å². The van der Waals surface area contributed by atoms with Crippen LogP contribution in [0.15, 0.2) is 0 Å². The van der Waals surface area contributed by atoms with Crippen molar-refractivity contribution in [1.82, 2.24) is 10.9 Å². The Bertz CT molecular complexity index is 296. The van der Waals surface area contributed by atoms with Crippen molar-refractivity contribution in [2.24, 2.45) is 5.41 Å². The molecule has 0 aromatic heterocycles. The predicted octanol–water partition coefficient (Wildman–Crippen LogP) is 1.35. The molecule has 0 bridgehead atoms. The molecule has 2 amide bonds. The fraction of sp³-hybridized carbons (Fsp3) is 0.750. The van der Waals surface area contributed by atoms with Crippen molar-refractivity contribution in [2.45, 2.75) is 24.6 Å². The Hall–Kier alpha value is -0.680. The average Bonchev–Trinajstić information content (AvgIpc) is 2.64. The van der Waals surface area contributed by atoms with Crippen LogP contribution in [0.5, 0.6) is 0 Å². The van der Waals surface area contributed by atoms with E-state index >= 15 is 0 Å². The number of carbonyl (C=O) groups is 2. The monoisotopic (exact) mass is 254 g/mol. The molecule has 1 aliphatic carbocycles. The second kappa shape index (κ2) is 4.06. The standard InChI is InChI=1S/C8H12Cl2N2O3/c1-3-15-6(14)12-11-5(13)7(2)4-8(7,9)10/h3-4H2,1-2H3,(H,11,13)(H,12,14)/t7-/m1/s1. The highest BCUT2D eigenvalue weighted by Crippen LogP contribution is 2.63. The third-order valence-electron chi connectivity index (χ3n) is 2.31. The zero-order valence-electron chi connectivity index (χ0n) is 8.39. The SMILES string of the molecule is CCOC(=O)NNC(=O)[C@@]1(C)CC1(Cl)Cl. The molecule has 1 atom stereocenters. The van der Waals surface area contributed by atoms with E-state index in [-0.39, 0.29) is 6.61 Å². The van der Waals surface area contributed by atoms with Crippen LogP contribution in [0, 0.1) is 5.41 Å². The number of hydrazine groups is 1. The summed E-state index contributed by atoms with van der Waals surface area (Å²) in [6.07, 6.45) is -0.357. The number of hydrogen-bond acceptors (Lipinski definition) is 3. The summed E-state index contributed by atoms with van der Waals surface area (Å²) in [7, 11) is 0. The van der Waals surface area contributed by atoms with Gasteiger partial charge >= 0.3 is 6.09 Å². The van der Waals surface area contributed by atoms with Gasteiger partial charge in [0.15, 0.2) is 0 Å². The molecule has 0 spiro atoms. The average molecular weight is 255 g/mol. The fourth-order valence-electron chi connectivity index (χ4n) is 1.06. The third kappa shape index (κ3) is 2.46. The molecule has 0 heterocycles. The molecule has 86 valence electrons. The van der Waals surface area contributed by atoms with Gasteiger partial charge in [-0.3, -0.25) is 10.2 Å². The summed E-state index contributed by atoms with van der Waals surface area (Å²) >= 11 is 11.6. The second-order valence-electron chi connectivity index (χ2n) is 3.51. The highest BCUT2D eigenvalue weighted by atomic mass is 35.5. The van der Waals surface area contributed by atoms with Crippen LogP contribution in [0.3, 0.4) is 0 Å². The summed E-state index contributed by atoms with van der Waals surface area (Å²) in [5.41, 5.74) is 3.43. The lowest BCUT2D eigenvalue weighted by Gasteiger charge is -2.12. The summed E-state index contributed by atoms with van der Waals surface area (Å²) in [6, 6.07) is 0. The third-order valence-corrected chi connectivity index (χ3v) is 3.41. The Labute approximate surface area is 97.4 Å². The van der Waals surface area contributed by atoms with Crippen LogP contribution in [0.25, 0.3) is 0 Å². The molecule has 7 heteroatoms. The number of rotatable bonds is 2. The minimum atomic E-state index is -1.05. The van der Waals surface area contributed by atoms with Crippen molar-refractivity contribution in [1.29, 1.82) is 0 Å². The van der Waals surface area contributed by atoms with Gasteiger partial charge < -0.3 is 4.74 Å². The van der Waals surface area contributed by atoms with Gasteiger partial charge in [-0.2, -0.15) is 0 Å². The van der Waals surface area contributed by atoms with Crippen LogP contribution in [0.4, 0.5) is 4.79 Å². The largest absolute Gasteiger partial charge is 0.449 e. The zero-order chi connectivity index (χ0) is 11.7. The molecule has 1 aliphatic rings. The van der Waals surface area contributed by atoms with E-state index in [0.717, 1.165) is 0 Å². The Morgan fingerprint density at radius 1 is 1.40 bits per heavy atom. The maximum Gasteiger partial charge on any atom is 0.426 e. The Morgan fingerprint density at radius 3 is 2.33 bits per heavy atom. The van der Waals surface area contributed by atoms with E-state index in [9.17, 15) is 9.59 Å². The lowest BCUT2D eigenvalue weighted by molar-refractivity contribution is -0.126. The highest BCUT2D eigenvalue weighted by Gasteiger charge is 2.68. The van der Waals surface area contributed by atoms with E-state index in [4.69, 9.17) is 23.2 Å². The first kappa shape index (κ1) is 12.4. The Kier molecular flexibility index (Phi) is 3.35. The molecule has 0 aromatic carbocycles. The van der Waals surface area contributed by atoms with Gasteiger partial charge in [-0.1, -0.05) is 0 Å². The normalized spacial score (nSPS) is 26.7. The van der Waals surface area contributed by atoms with Gasteiger partial charge in [0.2, 0.25) is 5.91 Å².